The molecule has 0 amide bonds. The van der Waals surface area contributed by atoms with Crippen LogP contribution >= 0.6 is 27.7 Å². The Kier molecular flexibility index (Phi) is 3.25. The summed E-state index contributed by atoms with van der Waals surface area (Å²) in [6, 6.07) is 2.86. The second kappa shape index (κ2) is 4.49. The zero-order chi connectivity index (χ0) is 10.8. The number of halogens is 2. The summed E-state index contributed by atoms with van der Waals surface area (Å²) in [4.78, 5) is 0. The van der Waals surface area contributed by atoms with E-state index in [4.69, 9.17) is 0 Å². The summed E-state index contributed by atoms with van der Waals surface area (Å²) in [5, 5.41) is 7.99. The van der Waals surface area contributed by atoms with Crippen molar-refractivity contribution in [2.75, 3.05) is 12.0 Å². The molecule has 1 heterocycles. The van der Waals surface area contributed by atoms with Crippen LogP contribution in [0.15, 0.2) is 16.6 Å². The molecule has 1 aromatic heterocycles. The molecule has 0 N–H and O–H groups in total. The summed E-state index contributed by atoms with van der Waals surface area (Å²) in [6.45, 7) is 0.744. The third-order valence-corrected chi connectivity index (χ3v) is 3.24. The fraction of sp³-hybridized carbons (Fsp3) is 0.333. The quantitative estimate of drug-likeness (QED) is 0.870. The summed E-state index contributed by atoms with van der Waals surface area (Å²) >= 11 is 4.99. The van der Waals surface area contributed by atoms with Crippen LogP contribution in [0, 0.1) is 5.82 Å². The van der Waals surface area contributed by atoms with Crippen LogP contribution in [0.4, 0.5) is 4.39 Å². The maximum atomic E-state index is 13.2. The van der Waals surface area contributed by atoms with Gasteiger partial charge in [0.15, 0.2) is 0 Å². The van der Waals surface area contributed by atoms with E-state index in [1.807, 2.05) is 6.26 Å². The number of benzene rings is 1. The van der Waals surface area contributed by atoms with Crippen molar-refractivity contribution in [3.05, 3.63) is 22.4 Å². The summed E-state index contributed by atoms with van der Waals surface area (Å²) in [6.07, 6.45) is 2.02. The molecular weight excluding hydrogens is 281 g/mol. The predicted octanol–water partition coefficient (Wildman–Crippen LogP) is 2.70. The van der Waals surface area contributed by atoms with Gasteiger partial charge in [-0.15, -0.1) is 5.10 Å². The van der Waals surface area contributed by atoms with Crippen molar-refractivity contribution in [2.24, 2.45) is 0 Å². The van der Waals surface area contributed by atoms with Crippen molar-refractivity contribution in [1.29, 1.82) is 0 Å². The lowest BCUT2D eigenvalue weighted by atomic mass is 10.3. The molecule has 0 aliphatic rings. The lowest BCUT2D eigenvalue weighted by molar-refractivity contribution is 0.623. The number of nitrogens with zero attached hydrogens (tertiary/aromatic N) is 3. The van der Waals surface area contributed by atoms with E-state index < -0.39 is 0 Å². The van der Waals surface area contributed by atoms with Crippen molar-refractivity contribution in [3.8, 4) is 0 Å². The first-order valence-corrected chi connectivity index (χ1v) is 6.58. The normalized spacial score (nSPS) is 11.1. The van der Waals surface area contributed by atoms with Gasteiger partial charge in [-0.25, -0.2) is 9.07 Å². The molecule has 0 atom stereocenters. The molecule has 3 nitrogen and oxygen atoms in total. The van der Waals surface area contributed by atoms with Crippen LogP contribution < -0.4 is 0 Å². The average molecular weight is 290 g/mol. The second-order valence-electron chi connectivity index (χ2n) is 3.06. The van der Waals surface area contributed by atoms with E-state index in [0.717, 1.165) is 17.8 Å². The smallest absolute Gasteiger partial charge is 0.127 e. The topological polar surface area (TPSA) is 30.7 Å². The lowest BCUT2D eigenvalue weighted by Crippen LogP contribution is -2.02. The molecule has 6 heteroatoms. The fourth-order valence-corrected chi connectivity index (χ4v) is 2.19. The minimum Gasteiger partial charge on any atom is -0.244 e. The third kappa shape index (κ3) is 2.15. The average Bonchev–Trinajstić information content (AvgIpc) is 2.58. The zero-order valence-electron chi connectivity index (χ0n) is 8.07. The Morgan fingerprint density at radius 3 is 3.07 bits per heavy atom. The molecule has 0 aliphatic heterocycles. The van der Waals surface area contributed by atoms with Crippen LogP contribution in [0.1, 0.15) is 0 Å². The number of aryl methyl sites for hydroxylation is 1. The Balaban J connectivity index is 2.49. The Morgan fingerprint density at radius 1 is 1.53 bits per heavy atom. The highest BCUT2D eigenvalue weighted by molar-refractivity contribution is 9.10. The standard InChI is InChI=1S/C9H9BrFN3S/c1-15-3-2-14-8-5-6(11)4-7(10)9(8)12-13-14/h4-5H,2-3H2,1H3. The van der Waals surface area contributed by atoms with E-state index in [9.17, 15) is 4.39 Å². The van der Waals surface area contributed by atoms with Gasteiger partial charge in [0.1, 0.15) is 11.3 Å². The van der Waals surface area contributed by atoms with Crippen LogP contribution in [0.25, 0.3) is 11.0 Å². The largest absolute Gasteiger partial charge is 0.244 e. The molecule has 80 valence electrons. The molecule has 0 bridgehead atoms. The zero-order valence-corrected chi connectivity index (χ0v) is 10.5. The van der Waals surface area contributed by atoms with E-state index in [2.05, 4.69) is 26.2 Å². The molecule has 2 rings (SSSR count). The summed E-state index contributed by atoms with van der Waals surface area (Å²) in [5.74, 6) is 0.661. The maximum Gasteiger partial charge on any atom is 0.127 e. The van der Waals surface area contributed by atoms with Gasteiger partial charge in [-0.3, -0.25) is 0 Å². The molecule has 0 unspecified atom stereocenters. The Bertz CT molecular complexity index is 485. The van der Waals surface area contributed by atoms with Gasteiger partial charge < -0.3 is 0 Å². The Morgan fingerprint density at radius 2 is 2.33 bits per heavy atom. The summed E-state index contributed by atoms with van der Waals surface area (Å²) < 4.78 is 15.5. The molecular formula is C9H9BrFN3S. The second-order valence-corrected chi connectivity index (χ2v) is 4.90. The Labute approximate surface area is 99.2 Å². The predicted molar refractivity (Wildman–Crippen MR) is 63.6 cm³/mol. The van der Waals surface area contributed by atoms with E-state index in [0.29, 0.717) is 9.99 Å². The Hall–Kier alpha value is -0.620. The van der Waals surface area contributed by atoms with Crippen LogP contribution in [0.3, 0.4) is 0 Å². The number of thioether (sulfide) groups is 1. The fourth-order valence-electron chi connectivity index (χ4n) is 1.34. The SMILES string of the molecule is CSCCn1nnc2c(Br)cc(F)cc21. The molecule has 0 radical (unpaired) electrons. The van der Waals surface area contributed by atoms with E-state index in [-0.39, 0.29) is 5.82 Å². The summed E-state index contributed by atoms with van der Waals surface area (Å²) in [7, 11) is 0. The number of aromatic nitrogens is 3. The third-order valence-electron chi connectivity index (χ3n) is 2.05. The molecule has 0 saturated heterocycles. The van der Waals surface area contributed by atoms with E-state index in [1.165, 1.54) is 12.1 Å². The molecule has 15 heavy (non-hydrogen) atoms. The van der Waals surface area contributed by atoms with Crippen molar-refractivity contribution in [1.82, 2.24) is 15.0 Å². The maximum absolute atomic E-state index is 13.2. The monoisotopic (exact) mass is 289 g/mol. The van der Waals surface area contributed by atoms with Crippen LogP contribution in [0.2, 0.25) is 0 Å². The molecule has 1 aromatic carbocycles. The number of fused-ring (bicyclic) bond motifs is 1. The molecule has 0 spiro atoms. The van der Waals surface area contributed by atoms with Gasteiger partial charge >= 0.3 is 0 Å². The van der Waals surface area contributed by atoms with E-state index in [1.54, 1.807) is 16.4 Å². The first-order chi connectivity index (χ1) is 7.22. The number of hydrogen-bond acceptors (Lipinski definition) is 3. The van der Waals surface area contributed by atoms with Gasteiger partial charge in [0, 0.05) is 11.8 Å². The first kappa shape index (κ1) is 10.9. The molecule has 2 aromatic rings. The minimum atomic E-state index is -0.276. The lowest BCUT2D eigenvalue weighted by Gasteiger charge is -2.00. The number of rotatable bonds is 3. The van der Waals surface area contributed by atoms with Gasteiger partial charge in [0.2, 0.25) is 0 Å². The van der Waals surface area contributed by atoms with Gasteiger partial charge in [-0.1, -0.05) is 5.21 Å². The highest BCUT2D eigenvalue weighted by atomic mass is 79.9. The van der Waals surface area contributed by atoms with Crippen LogP contribution in [0.5, 0.6) is 0 Å². The van der Waals surface area contributed by atoms with Crippen LogP contribution in [-0.2, 0) is 6.54 Å². The highest BCUT2D eigenvalue weighted by Gasteiger charge is 2.09. The molecule has 0 fully saturated rings. The van der Waals surface area contributed by atoms with Crippen molar-refractivity contribution < 1.29 is 4.39 Å². The first-order valence-electron chi connectivity index (χ1n) is 4.39. The van der Waals surface area contributed by atoms with E-state index >= 15 is 0 Å². The van der Waals surface area contributed by atoms with Crippen molar-refractivity contribution >= 4 is 38.7 Å². The molecule has 0 aliphatic carbocycles. The highest BCUT2D eigenvalue weighted by Crippen LogP contribution is 2.23. The van der Waals surface area contributed by atoms with Crippen molar-refractivity contribution in [2.45, 2.75) is 6.54 Å². The van der Waals surface area contributed by atoms with Gasteiger partial charge in [0.05, 0.1) is 16.5 Å². The number of hydrogen-bond donors (Lipinski definition) is 0. The van der Waals surface area contributed by atoms with Crippen LogP contribution in [-0.4, -0.2) is 27.0 Å². The molecule has 0 saturated carbocycles. The van der Waals surface area contributed by atoms with Crippen molar-refractivity contribution in [3.63, 3.8) is 0 Å². The summed E-state index contributed by atoms with van der Waals surface area (Å²) in [5.41, 5.74) is 1.44. The van der Waals surface area contributed by atoms with Gasteiger partial charge in [-0.2, -0.15) is 11.8 Å². The minimum absolute atomic E-state index is 0.276. The van der Waals surface area contributed by atoms with Gasteiger partial charge in [-0.05, 0) is 28.3 Å². The van der Waals surface area contributed by atoms with Gasteiger partial charge in [0.25, 0.3) is 0 Å².